The van der Waals surface area contributed by atoms with Crippen molar-refractivity contribution in [2.75, 3.05) is 19.0 Å². The monoisotopic (exact) mass is 318 g/mol. The number of nitrogens with zero attached hydrogens (tertiary/aromatic N) is 1. The van der Waals surface area contributed by atoms with Gasteiger partial charge in [0.1, 0.15) is 11.3 Å². The Balaban J connectivity index is 1.74. The molecule has 0 spiro atoms. The summed E-state index contributed by atoms with van der Waals surface area (Å²) in [4.78, 5) is 4.57. The van der Waals surface area contributed by atoms with Gasteiger partial charge in [0.2, 0.25) is 0 Å². The molecule has 2 aromatic carbocycles. The van der Waals surface area contributed by atoms with E-state index in [2.05, 4.69) is 34.6 Å². The first-order valence-corrected chi connectivity index (χ1v) is 7.88. The molecule has 3 rings (SSSR count). The number of aromatic nitrogens is 1. The highest BCUT2D eigenvalue weighted by Gasteiger charge is 2.11. The number of anilines is 1. The van der Waals surface area contributed by atoms with E-state index in [1.807, 2.05) is 18.2 Å². The fraction of sp³-hybridized carbons (Fsp3) is 0.188. The molecule has 0 fully saturated rings. The lowest BCUT2D eigenvalue weighted by Crippen LogP contribution is -2.04. The Labute approximate surface area is 132 Å². The minimum absolute atomic E-state index is 0.708. The second-order valence-electron chi connectivity index (χ2n) is 4.61. The number of thiazole rings is 1. The minimum atomic E-state index is 0.708. The summed E-state index contributed by atoms with van der Waals surface area (Å²) < 4.78 is 6.28. The number of nitrogens with one attached hydrogen (secondary N) is 1. The Morgan fingerprint density at radius 1 is 1.19 bits per heavy atom. The number of fused-ring (bicyclic) bond motifs is 1. The van der Waals surface area contributed by atoms with E-state index in [0.717, 1.165) is 34.1 Å². The summed E-state index contributed by atoms with van der Waals surface area (Å²) in [5, 5.41) is 4.93. The average molecular weight is 319 g/mol. The molecule has 1 aromatic heterocycles. The predicted molar refractivity (Wildman–Crippen MR) is 89.8 cm³/mol. The van der Waals surface area contributed by atoms with Gasteiger partial charge in [-0.3, -0.25) is 0 Å². The first-order chi connectivity index (χ1) is 10.3. The van der Waals surface area contributed by atoms with Crippen LogP contribution < -0.4 is 10.1 Å². The molecular weight excluding hydrogens is 304 g/mol. The number of hydrogen-bond donors (Lipinski definition) is 1. The lowest BCUT2D eigenvalue weighted by molar-refractivity contribution is 0.419. The molecule has 0 aliphatic rings. The molecule has 5 heteroatoms. The molecule has 0 amide bonds. The molecule has 0 atom stereocenters. The summed E-state index contributed by atoms with van der Waals surface area (Å²) in [6, 6.07) is 14.1. The number of hydrogen-bond acceptors (Lipinski definition) is 4. The van der Waals surface area contributed by atoms with Gasteiger partial charge in [-0.15, -0.1) is 0 Å². The van der Waals surface area contributed by atoms with Crippen LogP contribution in [-0.2, 0) is 6.42 Å². The van der Waals surface area contributed by atoms with Crippen LogP contribution in [0.25, 0.3) is 10.2 Å². The molecule has 3 aromatic rings. The summed E-state index contributed by atoms with van der Waals surface area (Å²) in [6.07, 6.45) is 0.960. The molecule has 108 valence electrons. The molecule has 1 N–H and O–H groups in total. The van der Waals surface area contributed by atoms with Crippen molar-refractivity contribution in [3.05, 3.63) is 53.1 Å². The maximum atomic E-state index is 6.22. The Bertz CT molecular complexity index is 743. The highest BCUT2D eigenvalue weighted by atomic mass is 35.5. The van der Waals surface area contributed by atoms with Gasteiger partial charge in [0.05, 0.1) is 16.8 Å². The van der Waals surface area contributed by atoms with Crippen molar-refractivity contribution in [3.63, 3.8) is 0 Å². The van der Waals surface area contributed by atoms with E-state index in [1.54, 1.807) is 18.4 Å². The Hall–Kier alpha value is -1.78. The fourth-order valence-corrected chi connectivity index (χ4v) is 3.33. The summed E-state index contributed by atoms with van der Waals surface area (Å²) in [5.74, 6) is 0.752. The molecule has 0 radical (unpaired) electrons. The van der Waals surface area contributed by atoms with Gasteiger partial charge in [-0.2, -0.15) is 0 Å². The van der Waals surface area contributed by atoms with Crippen molar-refractivity contribution < 1.29 is 4.74 Å². The molecule has 0 unspecified atom stereocenters. The maximum Gasteiger partial charge on any atom is 0.183 e. The van der Waals surface area contributed by atoms with Crippen molar-refractivity contribution in [2.45, 2.75) is 6.42 Å². The van der Waals surface area contributed by atoms with Gasteiger partial charge in [0.25, 0.3) is 0 Å². The first-order valence-electron chi connectivity index (χ1n) is 6.69. The normalized spacial score (nSPS) is 10.8. The van der Waals surface area contributed by atoms with Crippen LogP contribution in [0.2, 0.25) is 5.02 Å². The van der Waals surface area contributed by atoms with E-state index in [-0.39, 0.29) is 0 Å². The minimum Gasteiger partial charge on any atom is -0.494 e. The molecule has 21 heavy (non-hydrogen) atoms. The summed E-state index contributed by atoms with van der Waals surface area (Å²) in [6.45, 7) is 0.837. The Morgan fingerprint density at radius 3 is 2.76 bits per heavy atom. The van der Waals surface area contributed by atoms with Gasteiger partial charge in [-0.05, 0) is 24.1 Å². The average Bonchev–Trinajstić information content (AvgIpc) is 2.94. The summed E-state index contributed by atoms with van der Waals surface area (Å²) >= 11 is 7.77. The SMILES string of the molecule is COc1ccc(Cl)c2sc(NCCc3ccccc3)nc12. The lowest BCUT2D eigenvalue weighted by Gasteiger charge is -2.02. The van der Waals surface area contributed by atoms with E-state index in [0.29, 0.717) is 5.02 Å². The van der Waals surface area contributed by atoms with Crippen LogP contribution in [0.4, 0.5) is 5.13 Å². The zero-order valence-electron chi connectivity index (χ0n) is 11.6. The number of ether oxygens (including phenoxy) is 1. The molecular formula is C16H15ClN2OS. The lowest BCUT2D eigenvalue weighted by atomic mass is 10.2. The van der Waals surface area contributed by atoms with Crippen molar-refractivity contribution in [2.24, 2.45) is 0 Å². The van der Waals surface area contributed by atoms with Gasteiger partial charge in [-0.1, -0.05) is 53.3 Å². The topological polar surface area (TPSA) is 34.1 Å². The van der Waals surface area contributed by atoms with Gasteiger partial charge >= 0.3 is 0 Å². The van der Waals surface area contributed by atoms with Gasteiger partial charge < -0.3 is 10.1 Å². The van der Waals surface area contributed by atoms with Crippen LogP contribution in [-0.4, -0.2) is 18.6 Å². The van der Waals surface area contributed by atoms with Crippen LogP contribution >= 0.6 is 22.9 Å². The second-order valence-corrected chi connectivity index (χ2v) is 6.02. The van der Waals surface area contributed by atoms with Crippen LogP contribution in [0.3, 0.4) is 0 Å². The number of rotatable bonds is 5. The molecule has 3 nitrogen and oxygen atoms in total. The van der Waals surface area contributed by atoms with Crippen molar-refractivity contribution in [1.29, 1.82) is 0 Å². The molecule has 0 bridgehead atoms. The van der Waals surface area contributed by atoms with Crippen LogP contribution in [0, 0.1) is 0 Å². The quantitative estimate of drug-likeness (QED) is 0.745. The smallest absolute Gasteiger partial charge is 0.183 e. The third-order valence-corrected chi connectivity index (χ3v) is 4.68. The van der Waals surface area contributed by atoms with Crippen molar-refractivity contribution in [3.8, 4) is 5.75 Å². The maximum absolute atomic E-state index is 6.22. The molecule has 0 aliphatic carbocycles. The van der Waals surface area contributed by atoms with Crippen LogP contribution in [0.5, 0.6) is 5.75 Å². The molecule has 1 heterocycles. The highest BCUT2D eigenvalue weighted by molar-refractivity contribution is 7.22. The summed E-state index contributed by atoms with van der Waals surface area (Å²) in [5.41, 5.74) is 2.12. The van der Waals surface area contributed by atoms with Crippen molar-refractivity contribution >= 4 is 38.3 Å². The molecule has 0 saturated heterocycles. The van der Waals surface area contributed by atoms with Gasteiger partial charge in [0.15, 0.2) is 5.13 Å². The van der Waals surface area contributed by atoms with Crippen LogP contribution in [0.15, 0.2) is 42.5 Å². The van der Waals surface area contributed by atoms with Crippen LogP contribution in [0.1, 0.15) is 5.56 Å². The van der Waals surface area contributed by atoms with E-state index in [9.17, 15) is 0 Å². The number of methoxy groups -OCH3 is 1. The Kier molecular flexibility index (Phi) is 4.27. The third kappa shape index (κ3) is 3.12. The first kappa shape index (κ1) is 14.2. The second kappa shape index (κ2) is 6.33. The van der Waals surface area contributed by atoms with E-state index in [1.165, 1.54) is 5.56 Å². The van der Waals surface area contributed by atoms with E-state index < -0.39 is 0 Å². The highest BCUT2D eigenvalue weighted by Crippen LogP contribution is 2.37. The third-order valence-electron chi connectivity index (χ3n) is 3.21. The zero-order valence-corrected chi connectivity index (χ0v) is 13.2. The fourth-order valence-electron chi connectivity index (χ4n) is 2.15. The number of halogens is 1. The van der Waals surface area contributed by atoms with E-state index in [4.69, 9.17) is 16.3 Å². The largest absolute Gasteiger partial charge is 0.494 e. The van der Waals surface area contributed by atoms with Crippen molar-refractivity contribution in [1.82, 2.24) is 4.98 Å². The standard InChI is InChI=1S/C16H15ClN2OS/c1-20-13-8-7-12(17)15-14(13)19-16(21-15)18-10-9-11-5-3-2-4-6-11/h2-8H,9-10H2,1H3,(H,18,19). The predicted octanol–water partition coefficient (Wildman–Crippen LogP) is 4.61. The number of benzene rings is 2. The Morgan fingerprint density at radius 2 is 2.00 bits per heavy atom. The summed E-state index contributed by atoms with van der Waals surface area (Å²) in [7, 11) is 1.64. The van der Waals surface area contributed by atoms with E-state index >= 15 is 0 Å². The van der Waals surface area contributed by atoms with Gasteiger partial charge in [-0.25, -0.2) is 4.98 Å². The zero-order chi connectivity index (χ0) is 14.7. The van der Waals surface area contributed by atoms with Gasteiger partial charge in [0, 0.05) is 6.54 Å². The molecule has 0 saturated carbocycles. The molecule has 0 aliphatic heterocycles.